The second kappa shape index (κ2) is 6.95. The molecule has 0 unspecified atom stereocenters. The highest BCUT2D eigenvalue weighted by Crippen LogP contribution is 2.34. The summed E-state index contributed by atoms with van der Waals surface area (Å²) in [7, 11) is 3.49. The highest BCUT2D eigenvalue weighted by molar-refractivity contribution is 5.99. The first-order valence-electron chi connectivity index (χ1n) is 10.8. The van der Waals surface area contributed by atoms with Crippen molar-refractivity contribution in [2.75, 3.05) is 0 Å². The summed E-state index contributed by atoms with van der Waals surface area (Å²) in [4.78, 5) is 32.4. The summed E-state index contributed by atoms with van der Waals surface area (Å²) in [6.45, 7) is 2.04. The van der Waals surface area contributed by atoms with Crippen LogP contribution in [-0.4, -0.2) is 34.7 Å². The number of H-pyrrole nitrogens is 1. The Hall–Kier alpha value is -4.59. The van der Waals surface area contributed by atoms with Gasteiger partial charge < -0.3 is 10.1 Å². The summed E-state index contributed by atoms with van der Waals surface area (Å²) in [5.74, 6) is -0.312. The third-order valence-electron chi connectivity index (χ3n) is 6.49. The van der Waals surface area contributed by atoms with Crippen LogP contribution in [-0.2, 0) is 14.1 Å². The van der Waals surface area contributed by atoms with Crippen molar-refractivity contribution in [3.05, 3.63) is 82.4 Å². The van der Waals surface area contributed by atoms with Gasteiger partial charge in [-0.3, -0.25) is 13.7 Å². The number of hydrogen-bond donors (Lipinski definition) is 2. The highest BCUT2D eigenvalue weighted by Gasteiger charge is 2.20. The lowest BCUT2D eigenvalue weighted by atomic mass is 10.1. The predicted molar refractivity (Wildman–Crippen MR) is 132 cm³/mol. The van der Waals surface area contributed by atoms with Crippen LogP contribution in [0.15, 0.2) is 65.6 Å². The van der Waals surface area contributed by atoms with Gasteiger partial charge in [-0.05, 0) is 55.0 Å². The smallest absolute Gasteiger partial charge is 0.335 e. The van der Waals surface area contributed by atoms with Crippen LogP contribution in [0.1, 0.15) is 15.9 Å². The maximum atomic E-state index is 12.5. The maximum absolute atomic E-state index is 12.5. The molecule has 0 aliphatic rings. The van der Waals surface area contributed by atoms with Gasteiger partial charge >= 0.3 is 11.7 Å². The van der Waals surface area contributed by atoms with Crippen molar-refractivity contribution >= 4 is 38.9 Å². The molecule has 0 atom stereocenters. The van der Waals surface area contributed by atoms with Crippen LogP contribution in [0.4, 0.5) is 0 Å². The SMILES string of the molecule is Cc1ccc2c(-c3nc4ccc(C(=O)O)cc4n3-c3ccc4c(c3)n(C)c(=O)n4C)c[nH]c2c1. The van der Waals surface area contributed by atoms with Gasteiger partial charge in [-0.15, -0.1) is 0 Å². The van der Waals surface area contributed by atoms with E-state index in [9.17, 15) is 14.7 Å². The number of benzene rings is 3. The molecular formula is C26H21N5O3. The van der Waals surface area contributed by atoms with Gasteiger partial charge in [0.15, 0.2) is 0 Å². The molecule has 3 aromatic heterocycles. The average molecular weight is 451 g/mol. The second-order valence-electron chi connectivity index (χ2n) is 8.60. The monoisotopic (exact) mass is 451 g/mol. The summed E-state index contributed by atoms with van der Waals surface area (Å²) >= 11 is 0. The molecular weight excluding hydrogens is 430 g/mol. The van der Waals surface area contributed by atoms with Crippen molar-refractivity contribution in [3.63, 3.8) is 0 Å². The second-order valence-corrected chi connectivity index (χ2v) is 8.60. The minimum atomic E-state index is -1.00. The summed E-state index contributed by atoms with van der Waals surface area (Å²) < 4.78 is 5.17. The first kappa shape index (κ1) is 20.0. The highest BCUT2D eigenvalue weighted by atomic mass is 16.4. The quantitative estimate of drug-likeness (QED) is 0.417. The lowest BCUT2D eigenvalue weighted by Gasteiger charge is -2.10. The van der Waals surface area contributed by atoms with E-state index in [1.807, 2.05) is 35.9 Å². The fourth-order valence-electron chi connectivity index (χ4n) is 4.71. The molecule has 0 bridgehead atoms. The van der Waals surface area contributed by atoms with E-state index >= 15 is 0 Å². The van der Waals surface area contributed by atoms with Crippen molar-refractivity contribution in [2.24, 2.45) is 14.1 Å². The van der Waals surface area contributed by atoms with Crippen LogP contribution in [0.3, 0.4) is 0 Å². The largest absolute Gasteiger partial charge is 0.478 e. The fourth-order valence-corrected chi connectivity index (χ4v) is 4.71. The number of aryl methyl sites for hydroxylation is 3. The molecule has 0 spiro atoms. The third kappa shape index (κ3) is 2.75. The first-order chi connectivity index (χ1) is 16.3. The van der Waals surface area contributed by atoms with E-state index in [0.717, 1.165) is 38.8 Å². The molecule has 8 heteroatoms. The van der Waals surface area contributed by atoms with Crippen molar-refractivity contribution in [1.82, 2.24) is 23.7 Å². The zero-order valence-corrected chi connectivity index (χ0v) is 18.8. The molecule has 168 valence electrons. The Labute approximate surface area is 193 Å². The average Bonchev–Trinajstić information content (AvgIpc) is 3.47. The van der Waals surface area contributed by atoms with Crippen molar-refractivity contribution in [1.29, 1.82) is 0 Å². The zero-order chi connectivity index (χ0) is 23.7. The van der Waals surface area contributed by atoms with E-state index in [-0.39, 0.29) is 11.3 Å². The molecule has 0 aliphatic carbocycles. The number of carboxylic acids is 1. The number of nitrogens with one attached hydrogen (secondary N) is 1. The van der Waals surface area contributed by atoms with Crippen LogP contribution in [0, 0.1) is 6.92 Å². The summed E-state index contributed by atoms with van der Waals surface area (Å²) in [6, 6.07) is 16.9. The molecule has 0 saturated carbocycles. The van der Waals surface area contributed by atoms with Gasteiger partial charge in [-0.1, -0.05) is 12.1 Å². The third-order valence-corrected chi connectivity index (χ3v) is 6.49. The Balaban J connectivity index is 1.71. The Morgan fingerprint density at radius 3 is 2.53 bits per heavy atom. The van der Waals surface area contributed by atoms with Crippen LogP contribution >= 0.6 is 0 Å². The minimum absolute atomic E-state index is 0.108. The molecule has 3 aromatic carbocycles. The van der Waals surface area contributed by atoms with Gasteiger partial charge in [0.1, 0.15) is 5.82 Å². The summed E-state index contributed by atoms with van der Waals surface area (Å²) in [5.41, 5.74) is 6.88. The predicted octanol–water partition coefficient (Wildman–Crippen LogP) is 4.37. The molecule has 6 rings (SSSR count). The van der Waals surface area contributed by atoms with Gasteiger partial charge in [0.2, 0.25) is 0 Å². The number of aromatic nitrogens is 5. The Morgan fingerprint density at radius 2 is 1.74 bits per heavy atom. The summed E-state index contributed by atoms with van der Waals surface area (Å²) in [6.07, 6.45) is 1.93. The molecule has 0 radical (unpaired) electrons. The van der Waals surface area contributed by atoms with E-state index in [1.54, 1.807) is 41.4 Å². The molecule has 0 fully saturated rings. The van der Waals surface area contributed by atoms with Gasteiger partial charge in [-0.25, -0.2) is 14.6 Å². The summed E-state index contributed by atoms with van der Waals surface area (Å²) in [5, 5.41) is 10.6. The van der Waals surface area contributed by atoms with E-state index in [0.29, 0.717) is 16.9 Å². The standard InChI is InChI=1S/C26H21N5O3/c1-14-4-7-17-18(13-27-20(17)10-14)24-28-19-8-5-15(25(32)33)11-22(19)31(24)16-6-9-21-23(12-16)30(3)26(34)29(21)2/h4-13,27H,1-3H3,(H,32,33). The number of carboxylic acid groups (broad SMARTS) is 1. The molecule has 6 aromatic rings. The molecule has 2 N–H and O–H groups in total. The zero-order valence-electron chi connectivity index (χ0n) is 18.8. The van der Waals surface area contributed by atoms with Gasteiger partial charge in [-0.2, -0.15) is 0 Å². The number of fused-ring (bicyclic) bond motifs is 3. The first-order valence-corrected chi connectivity index (χ1v) is 10.8. The van der Waals surface area contributed by atoms with Crippen LogP contribution in [0.5, 0.6) is 0 Å². The van der Waals surface area contributed by atoms with E-state index in [2.05, 4.69) is 23.2 Å². The van der Waals surface area contributed by atoms with Crippen LogP contribution < -0.4 is 5.69 Å². The van der Waals surface area contributed by atoms with Crippen molar-refractivity contribution in [3.8, 4) is 17.1 Å². The van der Waals surface area contributed by atoms with Crippen LogP contribution in [0.25, 0.3) is 50.0 Å². The normalized spacial score (nSPS) is 11.7. The van der Waals surface area contributed by atoms with Crippen LogP contribution in [0.2, 0.25) is 0 Å². The number of carbonyl (C=O) groups is 1. The molecule has 0 aliphatic heterocycles. The van der Waals surface area contributed by atoms with E-state index in [4.69, 9.17) is 4.98 Å². The Kier molecular flexibility index (Phi) is 4.10. The lowest BCUT2D eigenvalue weighted by Crippen LogP contribution is -2.19. The molecule has 8 nitrogen and oxygen atoms in total. The Bertz CT molecular complexity index is 1850. The molecule has 0 saturated heterocycles. The molecule has 3 heterocycles. The van der Waals surface area contributed by atoms with Gasteiger partial charge in [0.25, 0.3) is 0 Å². The van der Waals surface area contributed by atoms with Gasteiger partial charge in [0, 0.05) is 42.4 Å². The van der Waals surface area contributed by atoms with E-state index in [1.165, 1.54) is 0 Å². The van der Waals surface area contributed by atoms with Crippen molar-refractivity contribution < 1.29 is 9.90 Å². The number of hydrogen-bond acceptors (Lipinski definition) is 3. The molecule has 0 amide bonds. The van der Waals surface area contributed by atoms with Crippen molar-refractivity contribution in [2.45, 2.75) is 6.92 Å². The van der Waals surface area contributed by atoms with Gasteiger partial charge in [0.05, 0.1) is 27.6 Å². The van der Waals surface area contributed by atoms with E-state index < -0.39 is 5.97 Å². The lowest BCUT2D eigenvalue weighted by molar-refractivity contribution is 0.0697. The number of aromatic amines is 1. The number of rotatable bonds is 3. The number of nitrogens with zero attached hydrogens (tertiary/aromatic N) is 4. The number of aromatic carboxylic acids is 1. The maximum Gasteiger partial charge on any atom is 0.335 e. The number of imidazole rings is 2. The Morgan fingerprint density at radius 1 is 0.941 bits per heavy atom. The molecule has 34 heavy (non-hydrogen) atoms. The minimum Gasteiger partial charge on any atom is -0.478 e. The fraction of sp³-hybridized carbons (Fsp3) is 0.115. The topological polar surface area (TPSA) is 97.8 Å².